The van der Waals surface area contributed by atoms with Crippen LogP contribution in [0.5, 0.6) is 0 Å². The summed E-state index contributed by atoms with van der Waals surface area (Å²) in [4.78, 5) is 8.93. The Kier molecular flexibility index (Phi) is 4.09. The van der Waals surface area contributed by atoms with E-state index in [1.54, 1.807) is 0 Å². The van der Waals surface area contributed by atoms with Crippen LogP contribution in [0, 0.1) is 0 Å². The van der Waals surface area contributed by atoms with Gasteiger partial charge in [-0.1, -0.05) is 6.92 Å². The van der Waals surface area contributed by atoms with Crippen LogP contribution in [0.1, 0.15) is 49.9 Å². The highest BCUT2D eigenvalue weighted by Gasteiger charge is 2.26. The Morgan fingerprint density at radius 2 is 2.11 bits per heavy atom. The maximum Gasteiger partial charge on any atom is 0.131 e. The lowest BCUT2D eigenvalue weighted by Crippen LogP contribution is -2.32. The molecule has 1 aromatic heterocycles. The van der Waals surface area contributed by atoms with E-state index in [0.29, 0.717) is 18.0 Å². The second-order valence-corrected chi connectivity index (χ2v) is 5.87. The largest absolute Gasteiger partial charge is 0.312 e. The lowest BCUT2D eigenvalue weighted by Gasteiger charge is -2.11. The summed E-state index contributed by atoms with van der Waals surface area (Å²) in [6, 6.07) is 1.34. The fourth-order valence-electron chi connectivity index (χ4n) is 2.75. The van der Waals surface area contributed by atoms with Crippen LogP contribution in [-0.4, -0.2) is 35.1 Å². The van der Waals surface area contributed by atoms with Gasteiger partial charge in [0, 0.05) is 36.9 Å². The van der Waals surface area contributed by atoms with Gasteiger partial charge < -0.3 is 10.6 Å². The Labute approximate surface area is 115 Å². The van der Waals surface area contributed by atoms with Crippen LogP contribution < -0.4 is 10.6 Å². The van der Waals surface area contributed by atoms with E-state index in [4.69, 9.17) is 0 Å². The van der Waals surface area contributed by atoms with E-state index in [-0.39, 0.29) is 0 Å². The van der Waals surface area contributed by atoms with Gasteiger partial charge in [0.15, 0.2) is 0 Å². The summed E-state index contributed by atoms with van der Waals surface area (Å²) in [5.41, 5.74) is 1.25. The molecule has 0 spiro atoms. The van der Waals surface area contributed by atoms with Gasteiger partial charge in [-0.2, -0.15) is 0 Å². The first-order valence-corrected chi connectivity index (χ1v) is 7.62. The average Bonchev–Trinajstić information content (AvgIpc) is 3.19. The van der Waals surface area contributed by atoms with Crippen molar-refractivity contribution in [2.24, 2.45) is 0 Å². The summed E-state index contributed by atoms with van der Waals surface area (Å²) in [5.74, 6) is 1.70. The highest BCUT2D eigenvalue weighted by Crippen LogP contribution is 2.37. The van der Waals surface area contributed by atoms with Crippen LogP contribution in [0.2, 0.25) is 0 Å². The Morgan fingerprint density at radius 3 is 2.74 bits per heavy atom. The average molecular weight is 260 g/mol. The first-order valence-electron chi connectivity index (χ1n) is 7.62. The van der Waals surface area contributed by atoms with E-state index < -0.39 is 0 Å². The number of aromatic nitrogens is 2. The highest BCUT2D eigenvalue weighted by molar-refractivity contribution is 5.11. The predicted molar refractivity (Wildman–Crippen MR) is 76.2 cm³/mol. The van der Waals surface area contributed by atoms with Crippen molar-refractivity contribution in [2.45, 2.75) is 57.0 Å². The van der Waals surface area contributed by atoms with Crippen LogP contribution in [0.3, 0.4) is 0 Å². The summed E-state index contributed by atoms with van der Waals surface area (Å²) < 4.78 is 0. The molecular formula is C15H24N4. The van der Waals surface area contributed by atoms with E-state index >= 15 is 0 Å². The van der Waals surface area contributed by atoms with Crippen molar-refractivity contribution in [3.8, 4) is 0 Å². The van der Waals surface area contributed by atoms with Crippen molar-refractivity contribution < 1.29 is 0 Å². The minimum absolute atomic E-state index is 0.636. The summed E-state index contributed by atoms with van der Waals surface area (Å²) in [6.45, 7) is 4.38. The van der Waals surface area contributed by atoms with Crippen LogP contribution in [-0.2, 0) is 6.42 Å². The van der Waals surface area contributed by atoms with Crippen LogP contribution in [0.25, 0.3) is 0 Å². The second-order valence-electron chi connectivity index (χ2n) is 5.87. The zero-order valence-electron chi connectivity index (χ0n) is 11.7. The minimum atomic E-state index is 0.636. The predicted octanol–water partition coefficient (Wildman–Crippen LogP) is 1.63. The molecular weight excluding hydrogens is 236 g/mol. The van der Waals surface area contributed by atoms with Crippen molar-refractivity contribution in [3.05, 3.63) is 23.8 Å². The first-order chi connectivity index (χ1) is 9.35. The molecule has 0 aromatic carbocycles. The standard InChI is InChI=1S/C15H24N4/c1-2-13-7-14(10-17-13)16-6-5-11-8-18-15(19-9-11)12-3-4-12/h8-9,12-14,16-17H,2-7,10H2,1H3. The molecule has 1 aliphatic carbocycles. The Balaban J connectivity index is 1.39. The van der Waals surface area contributed by atoms with Crippen molar-refractivity contribution in [3.63, 3.8) is 0 Å². The zero-order valence-corrected chi connectivity index (χ0v) is 11.7. The van der Waals surface area contributed by atoms with E-state index in [2.05, 4.69) is 27.5 Å². The summed E-state index contributed by atoms with van der Waals surface area (Å²) in [5, 5.41) is 7.17. The molecule has 4 heteroatoms. The third-order valence-electron chi connectivity index (χ3n) is 4.23. The zero-order chi connectivity index (χ0) is 13.1. The fraction of sp³-hybridized carbons (Fsp3) is 0.733. The molecule has 19 heavy (non-hydrogen) atoms. The molecule has 2 aliphatic rings. The number of rotatable bonds is 6. The third kappa shape index (κ3) is 3.51. The Morgan fingerprint density at radius 1 is 1.32 bits per heavy atom. The SMILES string of the molecule is CCC1CC(NCCc2cnc(C3CC3)nc2)CN1. The minimum Gasteiger partial charge on any atom is -0.312 e. The van der Waals surface area contributed by atoms with Gasteiger partial charge in [0.1, 0.15) is 5.82 Å². The van der Waals surface area contributed by atoms with Crippen molar-refractivity contribution in [1.29, 1.82) is 0 Å². The van der Waals surface area contributed by atoms with Gasteiger partial charge in [-0.05, 0) is 44.2 Å². The van der Waals surface area contributed by atoms with Crippen LogP contribution >= 0.6 is 0 Å². The summed E-state index contributed by atoms with van der Waals surface area (Å²) >= 11 is 0. The molecule has 1 aliphatic heterocycles. The Hall–Kier alpha value is -1.00. The highest BCUT2D eigenvalue weighted by atomic mass is 15.0. The third-order valence-corrected chi connectivity index (χ3v) is 4.23. The first kappa shape index (κ1) is 13.0. The van der Waals surface area contributed by atoms with Gasteiger partial charge in [0.2, 0.25) is 0 Å². The normalized spacial score (nSPS) is 26.8. The molecule has 1 aromatic rings. The molecule has 0 amide bonds. The molecule has 2 atom stereocenters. The van der Waals surface area contributed by atoms with Crippen molar-refractivity contribution in [1.82, 2.24) is 20.6 Å². The number of nitrogens with one attached hydrogen (secondary N) is 2. The molecule has 0 bridgehead atoms. The summed E-state index contributed by atoms with van der Waals surface area (Å²) in [7, 11) is 0. The van der Waals surface area contributed by atoms with Crippen molar-refractivity contribution in [2.75, 3.05) is 13.1 Å². The van der Waals surface area contributed by atoms with Gasteiger partial charge in [-0.15, -0.1) is 0 Å². The number of hydrogen-bond donors (Lipinski definition) is 2. The lowest BCUT2D eigenvalue weighted by atomic mass is 10.1. The molecule has 4 nitrogen and oxygen atoms in total. The van der Waals surface area contributed by atoms with Gasteiger partial charge in [0.05, 0.1) is 0 Å². The molecule has 0 radical (unpaired) electrons. The van der Waals surface area contributed by atoms with Crippen molar-refractivity contribution >= 4 is 0 Å². The number of hydrogen-bond acceptors (Lipinski definition) is 4. The molecule has 1 saturated heterocycles. The lowest BCUT2D eigenvalue weighted by molar-refractivity contribution is 0.528. The summed E-state index contributed by atoms with van der Waals surface area (Å²) in [6.07, 6.45) is 10.1. The van der Waals surface area contributed by atoms with E-state index in [1.165, 1.54) is 31.2 Å². The topological polar surface area (TPSA) is 49.8 Å². The second kappa shape index (κ2) is 5.97. The maximum atomic E-state index is 4.47. The van der Waals surface area contributed by atoms with Gasteiger partial charge in [-0.3, -0.25) is 0 Å². The smallest absolute Gasteiger partial charge is 0.131 e. The molecule has 2 unspecified atom stereocenters. The number of nitrogens with zero attached hydrogens (tertiary/aromatic N) is 2. The quantitative estimate of drug-likeness (QED) is 0.816. The van der Waals surface area contributed by atoms with E-state index in [9.17, 15) is 0 Å². The fourth-order valence-corrected chi connectivity index (χ4v) is 2.75. The van der Waals surface area contributed by atoms with Crippen LogP contribution in [0.15, 0.2) is 12.4 Å². The van der Waals surface area contributed by atoms with Gasteiger partial charge >= 0.3 is 0 Å². The maximum absolute atomic E-state index is 4.47. The molecule has 2 heterocycles. The van der Waals surface area contributed by atoms with E-state index in [1.807, 2.05) is 12.4 Å². The van der Waals surface area contributed by atoms with E-state index in [0.717, 1.165) is 25.3 Å². The molecule has 2 fully saturated rings. The van der Waals surface area contributed by atoms with Gasteiger partial charge in [0.25, 0.3) is 0 Å². The monoisotopic (exact) mass is 260 g/mol. The molecule has 104 valence electrons. The molecule has 2 N–H and O–H groups in total. The van der Waals surface area contributed by atoms with Gasteiger partial charge in [-0.25, -0.2) is 9.97 Å². The Bertz CT molecular complexity index is 399. The molecule has 1 saturated carbocycles. The molecule has 3 rings (SSSR count). The van der Waals surface area contributed by atoms with Crippen LogP contribution in [0.4, 0.5) is 0 Å².